The van der Waals surface area contributed by atoms with E-state index in [2.05, 4.69) is 21.7 Å². The fourth-order valence-corrected chi connectivity index (χ4v) is 2.98. The highest BCUT2D eigenvalue weighted by atomic mass is 32.1. The number of hydrogen-bond acceptors (Lipinski definition) is 5. The molecule has 0 aromatic carbocycles. The summed E-state index contributed by atoms with van der Waals surface area (Å²) in [5, 5.41) is 2.01. The van der Waals surface area contributed by atoms with Gasteiger partial charge in [0, 0.05) is 36.1 Å². The summed E-state index contributed by atoms with van der Waals surface area (Å²) in [5.41, 5.74) is 8.83. The molecule has 2 aromatic rings. The van der Waals surface area contributed by atoms with Crippen molar-refractivity contribution in [2.45, 2.75) is 13.0 Å². The van der Waals surface area contributed by atoms with Crippen molar-refractivity contribution in [3.63, 3.8) is 0 Å². The molecule has 0 fully saturated rings. The summed E-state index contributed by atoms with van der Waals surface area (Å²) >= 11 is 1.60. The second kappa shape index (κ2) is 9.44. The summed E-state index contributed by atoms with van der Waals surface area (Å²) < 4.78 is 0. The first-order valence-corrected chi connectivity index (χ1v) is 8.58. The van der Waals surface area contributed by atoms with Crippen LogP contribution in [0.1, 0.15) is 23.4 Å². The summed E-state index contributed by atoms with van der Waals surface area (Å²) in [6.45, 7) is 5.43. The Balaban J connectivity index is 2.56. The van der Waals surface area contributed by atoms with Crippen LogP contribution in [0.3, 0.4) is 0 Å². The van der Waals surface area contributed by atoms with Crippen LogP contribution in [0, 0.1) is 0 Å². The molecule has 0 aliphatic rings. The molecule has 0 radical (unpaired) electrons. The monoisotopic (exact) mass is 351 g/mol. The van der Waals surface area contributed by atoms with Crippen molar-refractivity contribution in [2.75, 3.05) is 7.05 Å². The third kappa shape index (κ3) is 5.06. The van der Waals surface area contributed by atoms with Gasteiger partial charge in [-0.1, -0.05) is 12.1 Å². The van der Waals surface area contributed by atoms with Crippen molar-refractivity contribution in [3.8, 4) is 0 Å². The van der Waals surface area contributed by atoms with Crippen LogP contribution in [0.15, 0.2) is 80.9 Å². The van der Waals surface area contributed by atoms with Crippen molar-refractivity contribution in [1.29, 1.82) is 0 Å². The van der Waals surface area contributed by atoms with Gasteiger partial charge in [0.25, 0.3) is 0 Å². The maximum atomic E-state index is 6.13. The third-order valence-electron chi connectivity index (χ3n) is 3.46. The molecule has 0 saturated carbocycles. The first kappa shape index (κ1) is 18.5. The number of thiophene rings is 1. The lowest BCUT2D eigenvalue weighted by atomic mass is 10.0. The number of nitrogens with zero attached hydrogens (tertiary/aromatic N) is 4. The topological polar surface area (TPSA) is 76.0 Å². The van der Waals surface area contributed by atoms with Gasteiger partial charge in [0.1, 0.15) is 11.9 Å². The highest BCUT2D eigenvalue weighted by molar-refractivity contribution is 7.10. The Bertz CT molecular complexity index is 802. The number of pyridine rings is 1. The van der Waals surface area contributed by atoms with Crippen LogP contribution >= 0.6 is 11.3 Å². The molecule has 0 aliphatic carbocycles. The normalized spacial score (nSPS) is 14.7. The Morgan fingerprint density at radius 1 is 1.36 bits per heavy atom. The molecular weight excluding hydrogens is 330 g/mol. The standard InChI is InChI=1S/C19H21N5S/c1-14(7-4-10-21-2)17(15-8-5-11-23-13-15)24-18(19(20)22-3)16-9-6-12-25-16/h4-13,18H,2H2,1,3H3,(H2,20,22)/b10-4-,14-7+,24-17?. The summed E-state index contributed by atoms with van der Waals surface area (Å²) in [5.74, 6) is 0.472. The van der Waals surface area contributed by atoms with Gasteiger partial charge in [0.15, 0.2) is 0 Å². The summed E-state index contributed by atoms with van der Waals surface area (Å²) in [6.07, 6.45) is 8.91. The second-order valence-corrected chi connectivity index (χ2v) is 6.14. The zero-order valence-electron chi connectivity index (χ0n) is 14.3. The van der Waals surface area contributed by atoms with Gasteiger partial charge in [-0.05, 0) is 48.9 Å². The van der Waals surface area contributed by atoms with Gasteiger partial charge < -0.3 is 5.73 Å². The number of rotatable bonds is 7. The van der Waals surface area contributed by atoms with Crippen LogP contribution < -0.4 is 5.73 Å². The summed E-state index contributed by atoms with van der Waals surface area (Å²) in [4.78, 5) is 18.0. The van der Waals surface area contributed by atoms with E-state index in [4.69, 9.17) is 10.7 Å². The smallest absolute Gasteiger partial charge is 0.141 e. The lowest BCUT2D eigenvalue weighted by molar-refractivity contribution is 0.966. The van der Waals surface area contributed by atoms with Crippen molar-refractivity contribution in [1.82, 2.24) is 4.98 Å². The van der Waals surface area contributed by atoms with Gasteiger partial charge in [-0.15, -0.1) is 11.3 Å². The predicted octanol–water partition coefficient (Wildman–Crippen LogP) is 3.82. The molecular formula is C19H21N5S. The predicted molar refractivity (Wildman–Crippen MR) is 108 cm³/mol. The van der Waals surface area contributed by atoms with E-state index in [1.54, 1.807) is 37.0 Å². The van der Waals surface area contributed by atoms with Gasteiger partial charge in [0.2, 0.25) is 0 Å². The SMILES string of the molecule is C=N/C=C\C=C(/C)C(=NC(C(N)=NC)c1cccs1)c1cccnc1. The average Bonchev–Trinajstić information content (AvgIpc) is 3.17. The number of amidine groups is 1. The zero-order chi connectivity index (χ0) is 18.1. The fourth-order valence-electron chi connectivity index (χ4n) is 2.21. The molecule has 128 valence electrons. The van der Waals surface area contributed by atoms with E-state index in [0.717, 1.165) is 21.7 Å². The first-order valence-electron chi connectivity index (χ1n) is 7.70. The molecule has 0 spiro atoms. The van der Waals surface area contributed by atoms with Gasteiger partial charge >= 0.3 is 0 Å². The van der Waals surface area contributed by atoms with E-state index < -0.39 is 0 Å². The Kier molecular flexibility index (Phi) is 6.98. The molecule has 0 amide bonds. The van der Waals surface area contributed by atoms with Gasteiger partial charge in [-0.2, -0.15) is 0 Å². The van der Waals surface area contributed by atoms with Crippen LogP contribution in [0.5, 0.6) is 0 Å². The van der Waals surface area contributed by atoms with Crippen molar-refractivity contribution >= 4 is 29.6 Å². The maximum absolute atomic E-state index is 6.13. The van der Waals surface area contributed by atoms with Crippen LogP contribution in [0.2, 0.25) is 0 Å². The van der Waals surface area contributed by atoms with E-state index in [1.807, 2.05) is 48.7 Å². The number of aliphatic imine (C=N–C) groups is 3. The largest absolute Gasteiger partial charge is 0.385 e. The van der Waals surface area contributed by atoms with Crippen molar-refractivity contribution in [2.24, 2.45) is 20.7 Å². The molecule has 1 atom stereocenters. The van der Waals surface area contributed by atoms with Crippen molar-refractivity contribution < 1.29 is 0 Å². The van der Waals surface area contributed by atoms with Crippen LogP contribution in [-0.2, 0) is 0 Å². The fraction of sp³-hybridized carbons (Fsp3) is 0.158. The third-order valence-corrected chi connectivity index (χ3v) is 4.38. The minimum atomic E-state index is -0.329. The highest BCUT2D eigenvalue weighted by Gasteiger charge is 2.18. The van der Waals surface area contributed by atoms with E-state index in [0.29, 0.717) is 5.84 Å². The van der Waals surface area contributed by atoms with Crippen LogP contribution in [-0.4, -0.2) is 30.3 Å². The van der Waals surface area contributed by atoms with Gasteiger partial charge in [0.05, 0.1) is 5.71 Å². The number of hydrogen-bond donors (Lipinski definition) is 1. The Morgan fingerprint density at radius 3 is 2.80 bits per heavy atom. The highest BCUT2D eigenvalue weighted by Crippen LogP contribution is 2.25. The van der Waals surface area contributed by atoms with Gasteiger partial charge in [-0.25, -0.2) is 0 Å². The van der Waals surface area contributed by atoms with E-state index in [9.17, 15) is 0 Å². The van der Waals surface area contributed by atoms with E-state index >= 15 is 0 Å². The van der Waals surface area contributed by atoms with E-state index in [-0.39, 0.29) is 6.04 Å². The molecule has 25 heavy (non-hydrogen) atoms. The number of nitrogens with two attached hydrogens (primary N) is 1. The molecule has 2 heterocycles. The Hall–Kier alpha value is -2.86. The Morgan fingerprint density at radius 2 is 2.20 bits per heavy atom. The zero-order valence-corrected chi connectivity index (χ0v) is 15.1. The summed E-state index contributed by atoms with van der Waals surface area (Å²) in [7, 11) is 1.68. The minimum Gasteiger partial charge on any atom is -0.385 e. The molecule has 2 rings (SSSR count). The quantitative estimate of drug-likeness (QED) is 0.468. The van der Waals surface area contributed by atoms with Crippen LogP contribution in [0.25, 0.3) is 0 Å². The average molecular weight is 351 g/mol. The lowest BCUT2D eigenvalue weighted by Gasteiger charge is -2.14. The number of allylic oxidation sites excluding steroid dienone is 3. The molecule has 0 bridgehead atoms. The van der Waals surface area contributed by atoms with Crippen molar-refractivity contribution in [3.05, 3.63) is 76.4 Å². The van der Waals surface area contributed by atoms with Crippen LogP contribution in [0.4, 0.5) is 0 Å². The molecule has 0 saturated heterocycles. The molecule has 5 nitrogen and oxygen atoms in total. The maximum Gasteiger partial charge on any atom is 0.141 e. The Labute approximate surface area is 152 Å². The molecule has 0 aliphatic heterocycles. The lowest BCUT2D eigenvalue weighted by Crippen LogP contribution is -2.21. The molecule has 2 N–H and O–H groups in total. The molecule has 1 unspecified atom stereocenters. The molecule has 6 heteroatoms. The van der Waals surface area contributed by atoms with Gasteiger partial charge in [-0.3, -0.25) is 20.0 Å². The minimum absolute atomic E-state index is 0.329. The molecule has 2 aromatic heterocycles. The number of aromatic nitrogens is 1. The second-order valence-electron chi connectivity index (χ2n) is 5.16. The first-order chi connectivity index (χ1) is 12.2. The van der Waals surface area contributed by atoms with E-state index in [1.165, 1.54) is 0 Å². The summed E-state index contributed by atoms with van der Waals surface area (Å²) in [6, 6.07) is 7.53.